The Morgan fingerprint density at radius 1 is 1.12 bits per heavy atom. The van der Waals surface area contributed by atoms with Crippen LogP contribution in [0.5, 0.6) is 0 Å². The third-order valence-electron chi connectivity index (χ3n) is 3.97. The van der Waals surface area contributed by atoms with Crippen LogP contribution >= 0.6 is 23.4 Å². The maximum Gasteiger partial charge on any atom is 0.234 e. The van der Waals surface area contributed by atoms with E-state index in [9.17, 15) is 4.79 Å². The second-order valence-electron chi connectivity index (χ2n) is 6.07. The van der Waals surface area contributed by atoms with Crippen LogP contribution in [0.25, 0.3) is 10.9 Å². The van der Waals surface area contributed by atoms with E-state index >= 15 is 0 Å². The molecule has 0 radical (unpaired) electrons. The normalized spacial score (nSPS) is 10.9. The molecule has 0 aliphatic heterocycles. The molecule has 128 valence electrons. The average molecular weight is 371 g/mol. The quantitative estimate of drug-likeness (QED) is 0.612. The number of rotatable bonds is 4. The number of halogens is 1. The van der Waals surface area contributed by atoms with E-state index in [1.165, 1.54) is 11.8 Å². The number of carbonyl (C=O) groups excluding carboxylic acids is 1. The molecule has 0 spiro atoms. The smallest absolute Gasteiger partial charge is 0.234 e. The molecule has 0 aliphatic carbocycles. The zero-order valence-electron chi connectivity index (χ0n) is 14.4. The van der Waals surface area contributed by atoms with Crippen LogP contribution in [-0.4, -0.2) is 16.6 Å². The number of nitrogens with zero attached hydrogens (tertiary/aromatic N) is 1. The van der Waals surface area contributed by atoms with Gasteiger partial charge in [-0.15, -0.1) is 0 Å². The maximum absolute atomic E-state index is 12.2. The van der Waals surface area contributed by atoms with Gasteiger partial charge in [0.15, 0.2) is 0 Å². The van der Waals surface area contributed by atoms with Gasteiger partial charge in [0.1, 0.15) is 0 Å². The highest BCUT2D eigenvalue weighted by atomic mass is 35.5. The van der Waals surface area contributed by atoms with Gasteiger partial charge in [-0.1, -0.05) is 47.6 Å². The number of fused-ring (bicyclic) bond motifs is 1. The first-order valence-electron chi connectivity index (χ1n) is 8.00. The molecule has 0 unspecified atom stereocenters. The lowest BCUT2D eigenvalue weighted by atomic mass is 10.1. The maximum atomic E-state index is 12.2. The van der Waals surface area contributed by atoms with Gasteiger partial charge in [0, 0.05) is 5.39 Å². The predicted molar refractivity (Wildman–Crippen MR) is 107 cm³/mol. The lowest BCUT2D eigenvalue weighted by Crippen LogP contribution is -2.14. The van der Waals surface area contributed by atoms with Crippen LogP contribution in [0.15, 0.2) is 47.5 Å². The zero-order chi connectivity index (χ0) is 18.0. The fraction of sp³-hybridized carbons (Fsp3) is 0.200. The molecule has 1 amide bonds. The van der Waals surface area contributed by atoms with Crippen molar-refractivity contribution in [1.29, 1.82) is 0 Å². The fourth-order valence-corrected chi connectivity index (χ4v) is 3.70. The molecule has 0 bridgehead atoms. The summed E-state index contributed by atoms with van der Waals surface area (Å²) in [5, 5.41) is 5.41. The first-order valence-corrected chi connectivity index (χ1v) is 9.36. The van der Waals surface area contributed by atoms with Gasteiger partial charge in [-0.05, 0) is 55.7 Å². The van der Waals surface area contributed by atoms with Crippen molar-refractivity contribution in [1.82, 2.24) is 4.98 Å². The Morgan fingerprint density at radius 2 is 1.92 bits per heavy atom. The topological polar surface area (TPSA) is 42.0 Å². The van der Waals surface area contributed by atoms with Crippen molar-refractivity contribution in [3.05, 3.63) is 64.2 Å². The Morgan fingerprint density at radius 3 is 2.68 bits per heavy atom. The molecule has 3 aromatic rings. The van der Waals surface area contributed by atoms with Crippen LogP contribution in [0, 0.1) is 20.8 Å². The second kappa shape index (κ2) is 7.46. The van der Waals surface area contributed by atoms with Gasteiger partial charge < -0.3 is 5.32 Å². The van der Waals surface area contributed by atoms with Crippen LogP contribution in [0.1, 0.15) is 16.7 Å². The monoisotopic (exact) mass is 370 g/mol. The predicted octanol–water partition coefficient (Wildman–Crippen LogP) is 5.54. The Balaban J connectivity index is 1.72. The number of carbonyl (C=O) groups is 1. The molecular weight excluding hydrogens is 352 g/mol. The van der Waals surface area contributed by atoms with Crippen LogP contribution < -0.4 is 5.32 Å². The number of benzene rings is 2. The van der Waals surface area contributed by atoms with Crippen LogP contribution in [0.4, 0.5) is 5.69 Å². The molecule has 5 heteroatoms. The van der Waals surface area contributed by atoms with E-state index in [4.69, 9.17) is 16.6 Å². The van der Waals surface area contributed by atoms with Crippen molar-refractivity contribution in [2.75, 3.05) is 11.1 Å². The molecular formula is C20H19ClN2OS. The highest BCUT2D eigenvalue weighted by Crippen LogP contribution is 2.26. The molecule has 2 aromatic carbocycles. The lowest BCUT2D eigenvalue weighted by molar-refractivity contribution is -0.113. The number of aromatic nitrogens is 1. The van der Waals surface area contributed by atoms with Gasteiger partial charge in [-0.2, -0.15) is 0 Å². The first-order chi connectivity index (χ1) is 11.9. The summed E-state index contributed by atoms with van der Waals surface area (Å²) in [6, 6.07) is 13.8. The van der Waals surface area contributed by atoms with Crippen LogP contribution in [-0.2, 0) is 4.79 Å². The number of thioether (sulfide) groups is 1. The number of nitrogens with one attached hydrogen (secondary N) is 1. The van der Waals surface area contributed by atoms with Crippen molar-refractivity contribution >= 4 is 45.9 Å². The minimum atomic E-state index is -0.0971. The third kappa shape index (κ3) is 4.14. The van der Waals surface area contributed by atoms with E-state index in [0.29, 0.717) is 10.7 Å². The molecule has 25 heavy (non-hydrogen) atoms. The Labute approximate surface area is 156 Å². The number of hydrogen-bond acceptors (Lipinski definition) is 3. The van der Waals surface area contributed by atoms with E-state index in [-0.39, 0.29) is 11.7 Å². The molecule has 0 saturated carbocycles. The Bertz CT molecular complexity index is 956. The third-order valence-corrected chi connectivity index (χ3v) is 5.20. The van der Waals surface area contributed by atoms with Gasteiger partial charge in [0.2, 0.25) is 5.91 Å². The minimum Gasteiger partial charge on any atom is -0.324 e. The molecule has 1 aromatic heterocycles. The fourth-order valence-electron chi connectivity index (χ4n) is 2.65. The van der Waals surface area contributed by atoms with Crippen LogP contribution in [0.3, 0.4) is 0 Å². The van der Waals surface area contributed by atoms with Crippen molar-refractivity contribution in [3.8, 4) is 0 Å². The summed E-state index contributed by atoms with van der Waals surface area (Å²) in [5.74, 6) is 0.189. The second-order valence-corrected chi connectivity index (χ2v) is 7.47. The van der Waals surface area contributed by atoms with Crippen LogP contribution in [0.2, 0.25) is 5.02 Å². The molecule has 0 aliphatic rings. The molecule has 1 heterocycles. The summed E-state index contributed by atoms with van der Waals surface area (Å²) in [7, 11) is 0. The summed E-state index contributed by atoms with van der Waals surface area (Å²) in [4.78, 5) is 16.9. The van der Waals surface area contributed by atoms with E-state index < -0.39 is 0 Å². The number of hydrogen-bond donors (Lipinski definition) is 1. The standard InChI is InChI=1S/C20H19ClN2OS/c1-12-7-8-17(16(21)9-12)22-18(24)11-25-19-10-14(3)15-6-4-5-13(2)20(15)23-19/h4-10H,11H2,1-3H3,(H,22,24). The molecule has 3 rings (SSSR count). The van der Waals surface area contributed by atoms with Crippen molar-refractivity contribution in [2.45, 2.75) is 25.8 Å². The Kier molecular flexibility index (Phi) is 5.30. The van der Waals surface area contributed by atoms with Gasteiger partial charge in [0.05, 0.1) is 27.0 Å². The molecule has 3 nitrogen and oxygen atoms in total. The number of anilines is 1. The van der Waals surface area contributed by atoms with E-state index in [0.717, 1.165) is 32.6 Å². The summed E-state index contributed by atoms with van der Waals surface area (Å²) in [6.45, 7) is 6.08. The summed E-state index contributed by atoms with van der Waals surface area (Å²) < 4.78 is 0. The lowest BCUT2D eigenvalue weighted by Gasteiger charge is -2.09. The van der Waals surface area contributed by atoms with Crippen molar-refractivity contribution < 1.29 is 4.79 Å². The molecule has 1 N–H and O–H groups in total. The number of amides is 1. The van der Waals surface area contributed by atoms with Crippen molar-refractivity contribution in [2.24, 2.45) is 0 Å². The molecule has 0 fully saturated rings. The SMILES string of the molecule is Cc1ccc(NC(=O)CSc2cc(C)c3cccc(C)c3n2)c(Cl)c1. The summed E-state index contributed by atoms with van der Waals surface area (Å²) in [5.41, 5.74) is 4.99. The average Bonchev–Trinajstić information content (AvgIpc) is 2.57. The van der Waals surface area contributed by atoms with Gasteiger partial charge in [-0.3, -0.25) is 4.79 Å². The van der Waals surface area contributed by atoms with Gasteiger partial charge in [0.25, 0.3) is 0 Å². The highest BCUT2D eigenvalue weighted by Gasteiger charge is 2.10. The van der Waals surface area contributed by atoms with Gasteiger partial charge >= 0.3 is 0 Å². The minimum absolute atomic E-state index is 0.0971. The number of aryl methyl sites for hydroxylation is 3. The Hall–Kier alpha value is -2.04. The summed E-state index contributed by atoms with van der Waals surface area (Å²) >= 11 is 7.59. The van der Waals surface area contributed by atoms with Crippen molar-refractivity contribution in [3.63, 3.8) is 0 Å². The largest absolute Gasteiger partial charge is 0.324 e. The van der Waals surface area contributed by atoms with E-state index in [1.807, 2.05) is 37.3 Å². The number of para-hydroxylation sites is 1. The van der Waals surface area contributed by atoms with E-state index in [1.54, 1.807) is 0 Å². The molecule has 0 saturated heterocycles. The summed E-state index contributed by atoms with van der Waals surface area (Å²) in [6.07, 6.45) is 0. The van der Waals surface area contributed by atoms with Gasteiger partial charge in [-0.25, -0.2) is 4.98 Å². The zero-order valence-corrected chi connectivity index (χ0v) is 16.0. The molecule has 0 atom stereocenters. The first kappa shape index (κ1) is 17.8. The van der Waals surface area contributed by atoms with E-state index in [2.05, 4.69) is 31.3 Å². The highest BCUT2D eigenvalue weighted by molar-refractivity contribution is 7.99. The number of pyridine rings is 1.